The van der Waals surface area contributed by atoms with Crippen LogP contribution in [0, 0.1) is 5.82 Å². The molecule has 0 saturated carbocycles. The van der Waals surface area contributed by atoms with Crippen LogP contribution < -0.4 is 9.64 Å². The highest BCUT2D eigenvalue weighted by molar-refractivity contribution is 8.27. The van der Waals surface area contributed by atoms with Gasteiger partial charge in [0.25, 0.3) is 5.91 Å². The fourth-order valence-electron chi connectivity index (χ4n) is 2.40. The van der Waals surface area contributed by atoms with Crippen LogP contribution in [-0.2, 0) is 4.79 Å². The smallest absolute Gasteiger partial charge is 0.270 e. The van der Waals surface area contributed by atoms with E-state index in [1.54, 1.807) is 6.08 Å². The van der Waals surface area contributed by atoms with Crippen LogP contribution in [0.1, 0.15) is 18.9 Å². The molecule has 0 aromatic heterocycles. The number of anilines is 1. The Morgan fingerprint density at radius 2 is 2.08 bits per heavy atom. The molecular formula is C19H15ClFNO2S2. The summed E-state index contributed by atoms with van der Waals surface area (Å²) in [6.07, 6.45) is 2.65. The number of benzene rings is 2. The number of halogens is 2. The number of rotatable bonds is 5. The monoisotopic (exact) mass is 407 g/mol. The molecule has 1 fully saturated rings. The highest BCUT2D eigenvalue weighted by atomic mass is 35.5. The Morgan fingerprint density at radius 3 is 2.81 bits per heavy atom. The maximum Gasteiger partial charge on any atom is 0.270 e. The van der Waals surface area contributed by atoms with Crippen LogP contribution in [0.5, 0.6) is 5.75 Å². The number of thiocarbonyl (C=S) groups is 1. The molecule has 0 unspecified atom stereocenters. The molecule has 0 aliphatic carbocycles. The Balaban J connectivity index is 1.91. The molecule has 0 N–H and O–H groups in total. The Kier molecular flexibility index (Phi) is 5.96. The fourth-order valence-corrected chi connectivity index (χ4v) is 3.86. The van der Waals surface area contributed by atoms with Crippen molar-refractivity contribution in [2.45, 2.75) is 13.3 Å². The summed E-state index contributed by atoms with van der Waals surface area (Å²) in [6, 6.07) is 11.6. The van der Waals surface area contributed by atoms with E-state index in [4.69, 9.17) is 28.6 Å². The van der Waals surface area contributed by atoms with Crippen molar-refractivity contribution in [3.63, 3.8) is 0 Å². The molecule has 0 bridgehead atoms. The van der Waals surface area contributed by atoms with E-state index in [0.717, 1.165) is 12.0 Å². The van der Waals surface area contributed by atoms with Crippen LogP contribution >= 0.6 is 35.6 Å². The van der Waals surface area contributed by atoms with Crippen LogP contribution in [0.15, 0.2) is 47.4 Å². The number of ether oxygens (including phenoxy) is 1. The van der Waals surface area contributed by atoms with E-state index in [1.165, 1.54) is 34.9 Å². The first kappa shape index (κ1) is 18.9. The van der Waals surface area contributed by atoms with Crippen LogP contribution in [-0.4, -0.2) is 16.8 Å². The summed E-state index contributed by atoms with van der Waals surface area (Å²) in [5, 5.41) is -0.0566. The van der Waals surface area contributed by atoms with Gasteiger partial charge in [-0.3, -0.25) is 9.69 Å². The molecule has 26 heavy (non-hydrogen) atoms. The average molecular weight is 408 g/mol. The molecule has 0 radical (unpaired) electrons. The quantitative estimate of drug-likeness (QED) is 0.471. The lowest BCUT2D eigenvalue weighted by Gasteiger charge is -2.14. The third kappa shape index (κ3) is 3.92. The number of carbonyl (C=O) groups is 1. The maximum atomic E-state index is 13.4. The third-order valence-electron chi connectivity index (χ3n) is 3.62. The average Bonchev–Trinajstić information content (AvgIpc) is 2.90. The molecular weight excluding hydrogens is 393 g/mol. The molecule has 0 spiro atoms. The second kappa shape index (κ2) is 8.20. The Hall–Kier alpha value is -1.89. The summed E-state index contributed by atoms with van der Waals surface area (Å²) in [5.41, 5.74) is 1.25. The molecule has 3 rings (SSSR count). The highest BCUT2D eigenvalue weighted by Crippen LogP contribution is 2.38. The van der Waals surface area contributed by atoms with E-state index < -0.39 is 5.82 Å². The van der Waals surface area contributed by atoms with Gasteiger partial charge >= 0.3 is 0 Å². The van der Waals surface area contributed by atoms with Crippen LogP contribution in [0.25, 0.3) is 6.08 Å². The van der Waals surface area contributed by atoms with Gasteiger partial charge in [-0.2, -0.15) is 0 Å². The van der Waals surface area contributed by atoms with Gasteiger partial charge in [-0.05, 0) is 36.8 Å². The first-order valence-corrected chi connectivity index (χ1v) is 9.56. The topological polar surface area (TPSA) is 29.5 Å². The first-order valence-electron chi connectivity index (χ1n) is 7.96. The summed E-state index contributed by atoms with van der Waals surface area (Å²) in [6.45, 7) is 2.63. The van der Waals surface area contributed by atoms with Crippen molar-refractivity contribution < 1.29 is 13.9 Å². The van der Waals surface area contributed by atoms with Gasteiger partial charge in [-0.15, -0.1) is 0 Å². The lowest BCUT2D eigenvalue weighted by molar-refractivity contribution is -0.113. The molecule has 2 aromatic carbocycles. The Labute approximate surface area is 165 Å². The Morgan fingerprint density at radius 1 is 1.31 bits per heavy atom. The second-order valence-electron chi connectivity index (χ2n) is 5.50. The normalized spacial score (nSPS) is 15.8. The number of amides is 1. The molecule has 1 aliphatic heterocycles. The number of thioether (sulfide) groups is 1. The standard InChI is InChI=1S/C19H15ClFNO2S2/c1-2-9-24-16-6-4-3-5-12(16)10-17-18(23)22(19(25)26-17)13-7-8-15(21)14(20)11-13/h3-8,10-11H,2,9H2,1H3/b17-10-. The number of para-hydroxylation sites is 1. The number of nitrogens with zero attached hydrogens (tertiary/aromatic N) is 1. The minimum Gasteiger partial charge on any atom is -0.493 e. The third-order valence-corrected chi connectivity index (χ3v) is 5.21. The number of carbonyl (C=O) groups excluding carboxylic acids is 1. The zero-order chi connectivity index (χ0) is 18.7. The van der Waals surface area contributed by atoms with Gasteiger partial charge in [0.1, 0.15) is 11.6 Å². The number of hydrogen-bond acceptors (Lipinski definition) is 4. The number of hydrogen-bond donors (Lipinski definition) is 0. The van der Waals surface area contributed by atoms with Crippen LogP contribution in [0.3, 0.4) is 0 Å². The molecule has 1 amide bonds. The highest BCUT2D eigenvalue weighted by Gasteiger charge is 2.33. The lowest BCUT2D eigenvalue weighted by atomic mass is 10.2. The predicted molar refractivity (Wildman–Crippen MR) is 109 cm³/mol. The molecule has 134 valence electrons. The summed E-state index contributed by atoms with van der Waals surface area (Å²) in [7, 11) is 0. The zero-order valence-corrected chi connectivity index (χ0v) is 16.3. The van der Waals surface area contributed by atoms with Gasteiger partial charge in [0.05, 0.1) is 22.2 Å². The minimum atomic E-state index is -0.543. The molecule has 1 saturated heterocycles. The fraction of sp³-hybridized carbons (Fsp3) is 0.158. The van der Waals surface area contributed by atoms with Crippen LogP contribution in [0.4, 0.5) is 10.1 Å². The van der Waals surface area contributed by atoms with Gasteiger partial charge in [0.15, 0.2) is 4.32 Å². The minimum absolute atomic E-state index is 0.0566. The van der Waals surface area contributed by atoms with E-state index in [1.807, 2.05) is 31.2 Å². The van der Waals surface area contributed by atoms with Crippen molar-refractivity contribution in [3.05, 3.63) is 63.8 Å². The second-order valence-corrected chi connectivity index (χ2v) is 7.58. The maximum absolute atomic E-state index is 13.4. The predicted octanol–water partition coefficient (Wildman–Crippen LogP) is 5.67. The van der Waals surface area contributed by atoms with E-state index in [-0.39, 0.29) is 10.9 Å². The van der Waals surface area contributed by atoms with E-state index >= 15 is 0 Å². The van der Waals surface area contributed by atoms with Gasteiger partial charge in [-0.25, -0.2) is 4.39 Å². The first-order chi connectivity index (χ1) is 12.5. The summed E-state index contributed by atoms with van der Waals surface area (Å²) >= 11 is 12.4. The summed E-state index contributed by atoms with van der Waals surface area (Å²) in [5.74, 6) is -0.101. The molecule has 2 aromatic rings. The van der Waals surface area contributed by atoms with E-state index in [2.05, 4.69) is 0 Å². The summed E-state index contributed by atoms with van der Waals surface area (Å²) < 4.78 is 19.5. The van der Waals surface area contributed by atoms with Crippen LogP contribution in [0.2, 0.25) is 5.02 Å². The van der Waals surface area contributed by atoms with E-state index in [9.17, 15) is 9.18 Å². The molecule has 0 atom stereocenters. The van der Waals surface area contributed by atoms with Crippen molar-refractivity contribution in [1.82, 2.24) is 0 Å². The van der Waals surface area contributed by atoms with Gasteiger partial charge < -0.3 is 4.74 Å². The lowest BCUT2D eigenvalue weighted by Crippen LogP contribution is -2.27. The van der Waals surface area contributed by atoms with Crippen molar-refractivity contribution in [1.29, 1.82) is 0 Å². The Bertz CT molecular complexity index is 901. The van der Waals surface area contributed by atoms with Gasteiger partial charge in [0.2, 0.25) is 0 Å². The van der Waals surface area contributed by atoms with Crippen molar-refractivity contribution >= 4 is 57.6 Å². The SMILES string of the molecule is CCCOc1ccccc1/C=C1\SC(=S)N(c2ccc(F)c(Cl)c2)C1=O. The molecule has 7 heteroatoms. The largest absolute Gasteiger partial charge is 0.493 e. The molecule has 1 aliphatic rings. The van der Waals surface area contributed by atoms with Gasteiger partial charge in [0, 0.05) is 5.56 Å². The van der Waals surface area contributed by atoms with Crippen molar-refractivity contribution in [2.75, 3.05) is 11.5 Å². The summed E-state index contributed by atoms with van der Waals surface area (Å²) in [4.78, 5) is 14.6. The van der Waals surface area contributed by atoms with E-state index in [0.29, 0.717) is 27.3 Å². The molecule has 3 nitrogen and oxygen atoms in total. The zero-order valence-electron chi connectivity index (χ0n) is 13.9. The molecule has 1 heterocycles. The van der Waals surface area contributed by atoms with Gasteiger partial charge in [-0.1, -0.05) is 60.7 Å². The van der Waals surface area contributed by atoms with Crippen molar-refractivity contribution in [2.24, 2.45) is 0 Å². The van der Waals surface area contributed by atoms with Crippen molar-refractivity contribution in [3.8, 4) is 5.75 Å².